The molecule has 0 bridgehead atoms. The van der Waals surface area contributed by atoms with E-state index in [0.29, 0.717) is 62.6 Å². The number of para-hydroxylation sites is 1. The van der Waals surface area contributed by atoms with Crippen molar-refractivity contribution < 1.29 is 22.7 Å². The van der Waals surface area contributed by atoms with Crippen LogP contribution in [0.15, 0.2) is 47.4 Å². The van der Waals surface area contributed by atoms with Crippen molar-refractivity contribution in [3.05, 3.63) is 48.0 Å². The first-order chi connectivity index (χ1) is 16.8. The highest BCUT2D eigenvalue weighted by molar-refractivity contribution is 7.89. The number of nitrogens with one attached hydrogen (secondary N) is 1. The molecule has 186 valence electrons. The highest BCUT2D eigenvalue weighted by Crippen LogP contribution is 2.37. The number of rotatable bonds is 4. The summed E-state index contributed by atoms with van der Waals surface area (Å²) in [4.78, 5) is 29.5. The van der Waals surface area contributed by atoms with Gasteiger partial charge in [-0.1, -0.05) is 18.2 Å². The van der Waals surface area contributed by atoms with E-state index in [9.17, 15) is 18.0 Å². The van der Waals surface area contributed by atoms with E-state index in [1.165, 1.54) is 10.4 Å². The van der Waals surface area contributed by atoms with E-state index in [1.807, 2.05) is 18.2 Å². The standard InChI is InChI=1S/C25H30N4O5S/c1-17-15-20-22(34-18(2)24(30)26-20)16-23(17)35(32,33)29-10-6-9-21(29)25(31)28-13-11-27(12-14-28)19-7-4-3-5-8-19/h3-5,7-8,15-16,18,21H,6,9-14H2,1-2H3,(H,26,30)/t18-,21-/m0/s1. The highest BCUT2D eigenvalue weighted by atomic mass is 32.2. The number of hydrogen-bond acceptors (Lipinski definition) is 6. The van der Waals surface area contributed by atoms with Crippen molar-refractivity contribution in [1.29, 1.82) is 0 Å². The maximum absolute atomic E-state index is 13.7. The number of ether oxygens (including phenoxy) is 1. The first-order valence-corrected chi connectivity index (χ1v) is 13.4. The minimum absolute atomic E-state index is 0.105. The first kappa shape index (κ1) is 23.6. The molecule has 2 fully saturated rings. The Kier molecular flexibility index (Phi) is 6.18. The third kappa shape index (κ3) is 4.36. The van der Waals surface area contributed by atoms with Gasteiger partial charge >= 0.3 is 0 Å². The Morgan fingerprint density at radius 1 is 1.06 bits per heavy atom. The van der Waals surface area contributed by atoms with Crippen LogP contribution in [-0.2, 0) is 19.6 Å². The van der Waals surface area contributed by atoms with Gasteiger partial charge in [0.15, 0.2) is 6.10 Å². The lowest BCUT2D eigenvalue weighted by atomic mass is 10.1. The van der Waals surface area contributed by atoms with Gasteiger partial charge in [0.1, 0.15) is 11.8 Å². The molecule has 5 rings (SSSR count). The van der Waals surface area contributed by atoms with Crippen molar-refractivity contribution in [2.45, 2.75) is 43.7 Å². The molecule has 3 aliphatic rings. The van der Waals surface area contributed by atoms with Gasteiger partial charge in [0.05, 0.1) is 10.6 Å². The molecule has 35 heavy (non-hydrogen) atoms. The molecule has 2 amide bonds. The molecule has 2 saturated heterocycles. The van der Waals surface area contributed by atoms with E-state index < -0.39 is 22.2 Å². The lowest BCUT2D eigenvalue weighted by molar-refractivity contribution is -0.134. The Morgan fingerprint density at radius 2 is 1.77 bits per heavy atom. The third-order valence-electron chi connectivity index (χ3n) is 7.00. The molecular formula is C25H30N4O5S. The SMILES string of the molecule is Cc1cc2c(cc1S(=O)(=O)N1CCC[C@H]1C(=O)N1CCN(c3ccccc3)CC1)O[C@@H](C)C(=O)N2. The van der Waals surface area contributed by atoms with Crippen LogP contribution in [0.3, 0.4) is 0 Å². The van der Waals surface area contributed by atoms with Crippen LogP contribution in [-0.4, -0.2) is 74.3 Å². The molecule has 2 aromatic carbocycles. The van der Waals surface area contributed by atoms with E-state index >= 15 is 0 Å². The summed E-state index contributed by atoms with van der Waals surface area (Å²) in [6.07, 6.45) is 0.425. The minimum atomic E-state index is -3.94. The summed E-state index contributed by atoms with van der Waals surface area (Å²) in [6, 6.07) is 12.5. The van der Waals surface area contributed by atoms with Crippen LogP contribution in [0.2, 0.25) is 0 Å². The van der Waals surface area contributed by atoms with Crippen molar-refractivity contribution in [3.8, 4) is 5.75 Å². The summed E-state index contributed by atoms with van der Waals surface area (Å²) in [5.74, 6) is -0.0861. The van der Waals surface area contributed by atoms with Crippen LogP contribution in [0.4, 0.5) is 11.4 Å². The number of benzene rings is 2. The number of carbonyl (C=O) groups excluding carboxylic acids is 2. The van der Waals surface area contributed by atoms with Gasteiger partial charge in [-0.25, -0.2) is 8.42 Å². The van der Waals surface area contributed by atoms with E-state index in [2.05, 4.69) is 22.3 Å². The fourth-order valence-electron chi connectivity index (χ4n) is 5.06. The molecule has 0 aliphatic carbocycles. The molecule has 9 nitrogen and oxygen atoms in total. The van der Waals surface area contributed by atoms with E-state index in [0.717, 1.165) is 5.69 Å². The number of sulfonamides is 1. The van der Waals surface area contributed by atoms with Gasteiger partial charge in [0.2, 0.25) is 15.9 Å². The molecule has 3 heterocycles. The summed E-state index contributed by atoms with van der Waals surface area (Å²) in [6.45, 7) is 6.13. The Hall–Kier alpha value is -3.11. The normalized spacial score (nSPS) is 23.0. The number of anilines is 2. The number of carbonyl (C=O) groups is 2. The van der Waals surface area contributed by atoms with Crippen molar-refractivity contribution in [2.24, 2.45) is 0 Å². The zero-order valence-electron chi connectivity index (χ0n) is 19.9. The van der Waals surface area contributed by atoms with E-state index in [1.54, 1.807) is 24.8 Å². The second-order valence-electron chi connectivity index (χ2n) is 9.28. The van der Waals surface area contributed by atoms with Crippen LogP contribution in [0.25, 0.3) is 0 Å². The van der Waals surface area contributed by atoms with Crippen LogP contribution in [0, 0.1) is 6.92 Å². The van der Waals surface area contributed by atoms with E-state index in [4.69, 9.17) is 4.74 Å². The number of piperazine rings is 1. The van der Waals surface area contributed by atoms with Crippen LogP contribution in [0.5, 0.6) is 5.75 Å². The van der Waals surface area contributed by atoms with Gasteiger partial charge in [0, 0.05) is 44.5 Å². The Bertz CT molecular complexity index is 1240. The summed E-state index contributed by atoms with van der Waals surface area (Å²) < 4.78 is 34.4. The molecular weight excluding hydrogens is 468 g/mol. The number of nitrogens with zero attached hydrogens (tertiary/aromatic N) is 3. The molecule has 2 atom stereocenters. The average molecular weight is 499 g/mol. The van der Waals surface area contributed by atoms with Gasteiger partial charge < -0.3 is 19.9 Å². The largest absolute Gasteiger partial charge is 0.479 e. The zero-order valence-corrected chi connectivity index (χ0v) is 20.8. The summed E-state index contributed by atoms with van der Waals surface area (Å²) >= 11 is 0. The predicted molar refractivity (Wildman–Crippen MR) is 132 cm³/mol. The summed E-state index contributed by atoms with van der Waals surface area (Å²) in [5, 5.41) is 2.75. The molecule has 10 heteroatoms. The number of aryl methyl sites for hydroxylation is 1. The first-order valence-electron chi connectivity index (χ1n) is 12.0. The topological polar surface area (TPSA) is 99.3 Å². The Labute approximate surface area is 205 Å². The molecule has 0 spiro atoms. The molecule has 2 aromatic rings. The van der Waals surface area contributed by atoms with Gasteiger partial charge in [-0.05, 0) is 50.5 Å². The van der Waals surface area contributed by atoms with Crippen molar-refractivity contribution in [3.63, 3.8) is 0 Å². The molecule has 3 aliphatic heterocycles. The van der Waals surface area contributed by atoms with Crippen LogP contribution < -0.4 is 15.0 Å². The minimum Gasteiger partial charge on any atom is -0.479 e. The molecule has 0 unspecified atom stereocenters. The number of amides is 2. The maximum atomic E-state index is 13.7. The van der Waals surface area contributed by atoms with Crippen molar-refractivity contribution in [2.75, 3.05) is 42.9 Å². The molecule has 0 radical (unpaired) electrons. The molecule has 0 saturated carbocycles. The fraction of sp³-hybridized carbons (Fsp3) is 0.440. The number of fused-ring (bicyclic) bond motifs is 1. The smallest absolute Gasteiger partial charge is 0.265 e. The molecule has 1 N–H and O–H groups in total. The quantitative estimate of drug-likeness (QED) is 0.694. The lowest BCUT2D eigenvalue weighted by Gasteiger charge is -2.38. The second kappa shape index (κ2) is 9.16. The van der Waals surface area contributed by atoms with Crippen molar-refractivity contribution in [1.82, 2.24) is 9.21 Å². The summed E-state index contributed by atoms with van der Waals surface area (Å²) in [7, 11) is -3.94. The van der Waals surface area contributed by atoms with Crippen molar-refractivity contribution >= 4 is 33.2 Å². The maximum Gasteiger partial charge on any atom is 0.265 e. The Balaban J connectivity index is 1.33. The molecule has 0 aromatic heterocycles. The summed E-state index contributed by atoms with van der Waals surface area (Å²) in [5.41, 5.74) is 2.08. The zero-order chi connectivity index (χ0) is 24.7. The predicted octanol–water partition coefficient (Wildman–Crippen LogP) is 2.22. The number of hydrogen-bond donors (Lipinski definition) is 1. The van der Waals surface area contributed by atoms with Gasteiger partial charge in [-0.3, -0.25) is 9.59 Å². The lowest BCUT2D eigenvalue weighted by Crippen LogP contribution is -2.54. The highest BCUT2D eigenvalue weighted by Gasteiger charge is 2.42. The van der Waals surface area contributed by atoms with E-state index in [-0.39, 0.29) is 16.7 Å². The monoisotopic (exact) mass is 498 g/mol. The van der Waals surface area contributed by atoms with Crippen LogP contribution >= 0.6 is 0 Å². The van der Waals surface area contributed by atoms with Gasteiger partial charge in [0.25, 0.3) is 5.91 Å². The van der Waals surface area contributed by atoms with Gasteiger partial charge in [-0.2, -0.15) is 4.31 Å². The van der Waals surface area contributed by atoms with Gasteiger partial charge in [-0.15, -0.1) is 0 Å². The van der Waals surface area contributed by atoms with Crippen LogP contribution in [0.1, 0.15) is 25.3 Å². The Morgan fingerprint density at radius 3 is 2.49 bits per heavy atom. The fourth-order valence-corrected chi connectivity index (χ4v) is 6.93. The third-order valence-corrected chi connectivity index (χ3v) is 9.05. The average Bonchev–Trinajstić information content (AvgIpc) is 3.36. The second-order valence-corrected chi connectivity index (χ2v) is 11.1.